The number of aromatic nitrogens is 3. The third-order valence-corrected chi connectivity index (χ3v) is 2.98. The summed E-state index contributed by atoms with van der Waals surface area (Å²) in [4.78, 5) is 16.1. The van der Waals surface area contributed by atoms with Crippen LogP contribution in [0.15, 0.2) is 55.0 Å². The smallest absolute Gasteiger partial charge is 0.256 e. The summed E-state index contributed by atoms with van der Waals surface area (Å²) in [5.74, 6) is -0.240. The lowest BCUT2D eigenvalue weighted by Crippen LogP contribution is -2.12. The molecule has 21 heavy (non-hydrogen) atoms. The Morgan fingerprint density at radius 2 is 1.81 bits per heavy atom. The molecule has 5 nitrogen and oxygen atoms in total. The molecule has 2 heterocycles. The molecule has 6 heteroatoms. The van der Waals surface area contributed by atoms with Gasteiger partial charge in [-0.1, -0.05) is 0 Å². The van der Waals surface area contributed by atoms with Gasteiger partial charge in [0.05, 0.1) is 6.20 Å². The summed E-state index contributed by atoms with van der Waals surface area (Å²) in [6.07, 6.45) is 4.94. The Hall–Kier alpha value is -3.02. The van der Waals surface area contributed by atoms with Crippen molar-refractivity contribution in [2.24, 2.45) is 0 Å². The number of amides is 1. The van der Waals surface area contributed by atoms with Gasteiger partial charge in [0.2, 0.25) is 0 Å². The van der Waals surface area contributed by atoms with Crippen LogP contribution in [-0.2, 0) is 0 Å². The zero-order chi connectivity index (χ0) is 14.7. The molecule has 0 saturated carbocycles. The first-order valence-electron chi connectivity index (χ1n) is 6.25. The predicted molar refractivity (Wildman–Crippen MR) is 76.2 cm³/mol. The quantitative estimate of drug-likeness (QED) is 0.776. The van der Waals surface area contributed by atoms with Crippen LogP contribution in [0.5, 0.6) is 0 Å². The number of H-pyrrole nitrogens is 1. The highest BCUT2D eigenvalue weighted by atomic mass is 19.1. The van der Waals surface area contributed by atoms with E-state index in [0.29, 0.717) is 11.4 Å². The first-order chi connectivity index (χ1) is 10.2. The van der Waals surface area contributed by atoms with Gasteiger partial charge in [0, 0.05) is 23.5 Å². The van der Waals surface area contributed by atoms with Gasteiger partial charge in [-0.25, -0.2) is 4.39 Å². The van der Waals surface area contributed by atoms with Crippen molar-refractivity contribution in [1.29, 1.82) is 0 Å². The van der Waals surface area contributed by atoms with Gasteiger partial charge in [-0.2, -0.15) is 5.10 Å². The zero-order valence-corrected chi connectivity index (χ0v) is 10.9. The van der Waals surface area contributed by atoms with E-state index in [-0.39, 0.29) is 11.7 Å². The molecule has 0 aliphatic rings. The Morgan fingerprint density at radius 3 is 2.52 bits per heavy atom. The number of hydrogen-bond acceptors (Lipinski definition) is 3. The zero-order valence-electron chi connectivity index (χ0n) is 10.9. The third-order valence-electron chi connectivity index (χ3n) is 2.98. The van der Waals surface area contributed by atoms with Gasteiger partial charge in [-0.15, -0.1) is 0 Å². The van der Waals surface area contributed by atoms with E-state index in [1.54, 1.807) is 18.6 Å². The average Bonchev–Trinajstić information content (AvgIpc) is 2.97. The fraction of sp³-hybridized carbons (Fsp3) is 0. The van der Waals surface area contributed by atoms with Crippen molar-refractivity contribution in [3.63, 3.8) is 0 Å². The van der Waals surface area contributed by atoms with Crippen molar-refractivity contribution in [2.75, 3.05) is 5.32 Å². The highest BCUT2D eigenvalue weighted by Gasteiger charge is 2.12. The number of benzene rings is 1. The Kier molecular flexibility index (Phi) is 3.42. The summed E-state index contributed by atoms with van der Waals surface area (Å²) in [6.45, 7) is 0. The Bertz CT molecular complexity index is 753. The molecule has 1 aromatic carbocycles. The number of anilines is 1. The second kappa shape index (κ2) is 5.54. The second-order valence-electron chi connectivity index (χ2n) is 4.36. The van der Waals surface area contributed by atoms with Crippen molar-refractivity contribution in [2.45, 2.75) is 0 Å². The first-order valence-corrected chi connectivity index (χ1v) is 6.25. The molecule has 0 atom stereocenters. The normalized spacial score (nSPS) is 10.3. The molecule has 0 saturated heterocycles. The van der Waals surface area contributed by atoms with E-state index in [4.69, 9.17) is 0 Å². The van der Waals surface area contributed by atoms with E-state index < -0.39 is 0 Å². The molecular formula is C15H11FN4O. The van der Waals surface area contributed by atoms with E-state index in [2.05, 4.69) is 20.5 Å². The summed E-state index contributed by atoms with van der Waals surface area (Å²) >= 11 is 0. The molecule has 0 fully saturated rings. The maximum absolute atomic E-state index is 12.9. The molecule has 1 amide bonds. The van der Waals surface area contributed by atoms with Crippen molar-refractivity contribution in [1.82, 2.24) is 15.2 Å². The van der Waals surface area contributed by atoms with Crippen LogP contribution in [0.3, 0.4) is 0 Å². The van der Waals surface area contributed by atoms with Crippen LogP contribution < -0.4 is 5.32 Å². The summed E-state index contributed by atoms with van der Waals surface area (Å²) in [6, 6.07) is 8.97. The molecule has 3 rings (SSSR count). The molecule has 0 aliphatic heterocycles. The van der Waals surface area contributed by atoms with Crippen LogP contribution >= 0.6 is 0 Å². The lowest BCUT2D eigenvalue weighted by Gasteiger charge is -2.06. The van der Waals surface area contributed by atoms with Gasteiger partial charge in [-0.05, 0) is 42.0 Å². The fourth-order valence-corrected chi connectivity index (χ4v) is 1.92. The largest absolute Gasteiger partial charge is 0.306 e. The fourth-order valence-electron chi connectivity index (χ4n) is 1.92. The second-order valence-corrected chi connectivity index (χ2v) is 4.36. The van der Waals surface area contributed by atoms with Crippen LogP contribution in [-0.4, -0.2) is 21.1 Å². The Labute approximate surface area is 119 Å². The van der Waals surface area contributed by atoms with Crippen LogP contribution in [0, 0.1) is 5.82 Å². The molecule has 0 aliphatic carbocycles. The van der Waals surface area contributed by atoms with Crippen LogP contribution in [0.2, 0.25) is 0 Å². The minimum Gasteiger partial charge on any atom is -0.306 e. The third kappa shape index (κ3) is 2.79. The maximum atomic E-state index is 12.9. The molecule has 104 valence electrons. The highest BCUT2D eigenvalue weighted by molar-refractivity contribution is 6.05. The summed E-state index contributed by atoms with van der Waals surface area (Å²) < 4.78 is 12.9. The van der Waals surface area contributed by atoms with Gasteiger partial charge in [0.25, 0.3) is 5.91 Å². The summed E-state index contributed by atoms with van der Waals surface area (Å²) in [5.41, 5.74) is 2.01. The van der Waals surface area contributed by atoms with E-state index in [9.17, 15) is 9.18 Å². The number of hydrogen-bond donors (Lipinski definition) is 2. The minimum atomic E-state index is -0.384. The van der Waals surface area contributed by atoms with Gasteiger partial charge in [-0.3, -0.25) is 14.9 Å². The van der Waals surface area contributed by atoms with Crippen LogP contribution in [0.1, 0.15) is 10.4 Å². The molecule has 3 aromatic rings. The van der Waals surface area contributed by atoms with Gasteiger partial charge >= 0.3 is 0 Å². The standard InChI is InChI=1S/C15H11FN4O/c16-12-3-1-11(2-4-12)15(21)19-14-13(9-18-20-14)10-5-7-17-8-6-10/h1-9H,(H2,18,19,20,21). The minimum absolute atomic E-state index is 0.338. The Balaban J connectivity index is 1.85. The van der Waals surface area contributed by atoms with Crippen molar-refractivity contribution in [3.8, 4) is 11.1 Å². The average molecular weight is 282 g/mol. The van der Waals surface area contributed by atoms with Crippen LogP contribution in [0.4, 0.5) is 10.2 Å². The maximum Gasteiger partial charge on any atom is 0.256 e. The number of rotatable bonds is 3. The number of carbonyl (C=O) groups excluding carboxylic acids is 1. The van der Waals surface area contributed by atoms with Crippen molar-refractivity contribution in [3.05, 3.63) is 66.4 Å². The van der Waals surface area contributed by atoms with Gasteiger partial charge in [0.1, 0.15) is 11.6 Å². The molecule has 0 radical (unpaired) electrons. The molecule has 2 aromatic heterocycles. The molecular weight excluding hydrogens is 271 g/mol. The van der Waals surface area contributed by atoms with Gasteiger partial charge < -0.3 is 5.32 Å². The van der Waals surface area contributed by atoms with Crippen molar-refractivity contribution >= 4 is 11.7 Å². The summed E-state index contributed by atoms with van der Waals surface area (Å²) in [5, 5.41) is 9.40. The monoisotopic (exact) mass is 282 g/mol. The number of aromatic amines is 1. The number of pyridine rings is 1. The van der Waals surface area contributed by atoms with E-state index in [1.807, 2.05) is 12.1 Å². The van der Waals surface area contributed by atoms with Crippen molar-refractivity contribution < 1.29 is 9.18 Å². The molecule has 0 spiro atoms. The first kappa shape index (κ1) is 13.0. The topological polar surface area (TPSA) is 70.7 Å². The van der Waals surface area contributed by atoms with E-state index in [1.165, 1.54) is 24.3 Å². The molecule has 0 unspecified atom stereocenters. The predicted octanol–water partition coefficient (Wildman–Crippen LogP) is 2.86. The number of carbonyl (C=O) groups is 1. The van der Waals surface area contributed by atoms with E-state index in [0.717, 1.165) is 11.1 Å². The Morgan fingerprint density at radius 1 is 1.10 bits per heavy atom. The van der Waals surface area contributed by atoms with Crippen LogP contribution in [0.25, 0.3) is 11.1 Å². The van der Waals surface area contributed by atoms with E-state index >= 15 is 0 Å². The molecule has 0 bridgehead atoms. The van der Waals surface area contributed by atoms with Gasteiger partial charge in [0.15, 0.2) is 0 Å². The summed E-state index contributed by atoms with van der Waals surface area (Å²) in [7, 11) is 0. The molecule has 2 N–H and O–H groups in total. The SMILES string of the molecule is O=C(Nc1[nH]ncc1-c1ccncc1)c1ccc(F)cc1. The number of nitrogens with zero attached hydrogens (tertiary/aromatic N) is 2. The number of halogens is 1. The number of nitrogens with one attached hydrogen (secondary N) is 2. The lowest BCUT2D eigenvalue weighted by molar-refractivity contribution is 0.102. The highest BCUT2D eigenvalue weighted by Crippen LogP contribution is 2.25. The lowest BCUT2D eigenvalue weighted by atomic mass is 10.1.